The van der Waals surface area contributed by atoms with Crippen molar-refractivity contribution in [1.82, 2.24) is 0 Å². The number of aromatic carboxylic acids is 1. The highest BCUT2D eigenvalue weighted by Gasteiger charge is 2.20. The molecule has 0 heterocycles. The van der Waals surface area contributed by atoms with E-state index in [4.69, 9.17) is 4.74 Å². The lowest BCUT2D eigenvalue weighted by molar-refractivity contribution is -0.119. The van der Waals surface area contributed by atoms with Gasteiger partial charge in [0.15, 0.2) is 6.61 Å². The summed E-state index contributed by atoms with van der Waals surface area (Å²) >= 11 is 0. The van der Waals surface area contributed by atoms with E-state index in [1.807, 2.05) is 104 Å². The lowest BCUT2D eigenvalue weighted by Gasteiger charge is -2.17. The van der Waals surface area contributed by atoms with Crippen LogP contribution in [0, 0.1) is 0 Å². The van der Waals surface area contributed by atoms with Crippen LogP contribution in [0.5, 0.6) is 0 Å². The topological polar surface area (TPSA) is 122 Å². The van der Waals surface area contributed by atoms with E-state index in [0.29, 0.717) is 36.1 Å². The molecule has 5 aromatic rings. The summed E-state index contributed by atoms with van der Waals surface area (Å²) in [5.74, 6) is -2.05. The van der Waals surface area contributed by atoms with E-state index in [0.717, 1.165) is 84.9 Å². The number of carboxylic acid groups (broad SMARTS) is 1. The Labute approximate surface area is 330 Å². The van der Waals surface area contributed by atoms with Crippen molar-refractivity contribution >= 4 is 35.1 Å². The molecule has 5 aromatic carbocycles. The summed E-state index contributed by atoms with van der Waals surface area (Å²) in [5, 5.41) is 15.5. The van der Waals surface area contributed by atoms with Crippen LogP contribution >= 0.6 is 0 Å². The Bertz CT molecular complexity index is 2060. The molecule has 1 atom stereocenters. The summed E-state index contributed by atoms with van der Waals surface area (Å²) in [4.78, 5) is 50.8. The highest BCUT2D eigenvalue weighted by Crippen LogP contribution is 2.25. The maximum Gasteiger partial charge on any atom is 0.338 e. The van der Waals surface area contributed by atoms with Gasteiger partial charge in [0.25, 0.3) is 5.91 Å². The van der Waals surface area contributed by atoms with Crippen molar-refractivity contribution in [3.8, 4) is 0 Å². The number of ether oxygens (including phenoxy) is 1. The Morgan fingerprint density at radius 1 is 0.536 bits per heavy atom. The van der Waals surface area contributed by atoms with Crippen LogP contribution in [-0.2, 0) is 40.0 Å². The minimum Gasteiger partial charge on any atom is -0.478 e. The molecule has 0 spiro atoms. The van der Waals surface area contributed by atoms with Gasteiger partial charge in [-0.05, 0) is 110 Å². The molecular formula is C48H52N2O6. The van der Waals surface area contributed by atoms with Crippen LogP contribution < -0.4 is 10.6 Å². The molecule has 2 amide bonds. The zero-order chi connectivity index (χ0) is 39.5. The maximum atomic E-state index is 13.2. The molecule has 3 N–H and O–H groups in total. The molecule has 0 aliphatic rings. The van der Waals surface area contributed by atoms with E-state index in [1.54, 1.807) is 24.3 Å². The van der Waals surface area contributed by atoms with Gasteiger partial charge in [-0.3, -0.25) is 9.59 Å². The Morgan fingerprint density at radius 2 is 0.982 bits per heavy atom. The van der Waals surface area contributed by atoms with Crippen molar-refractivity contribution < 1.29 is 29.0 Å². The number of amides is 2. The molecule has 0 radical (unpaired) electrons. The van der Waals surface area contributed by atoms with Gasteiger partial charge < -0.3 is 20.5 Å². The summed E-state index contributed by atoms with van der Waals surface area (Å²) in [6.07, 6.45) is 9.08. The third-order valence-electron chi connectivity index (χ3n) is 10.1. The predicted octanol–water partition coefficient (Wildman–Crippen LogP) is 10.2. The quantitative estimate of drug-likeness (QED) is 0.0507. The number of aryl methyl sites for hydroxylation is 4. The van der Waals surface area contributed by atoms with Crippen LogP contribution in [-0.4, -0.2) is 35.5 Å². The van der Waals surface area contributed by atoms with Gasteiger partial charge in [-0.2, -0.15) is 0 Å². The molecule has 0 aliphatic carbocycles. The number of hydrogen-bond donors (Lipinski definition) is 3. The average Bonchev–Trinajstić information content (AvgIpc) is 3.22. The number of anilines is 2. The van der Waals surface area contributed by atoms with Gasteiger partial charge >= 0.3 is 11.9 Å². The zero-order valence-corrected chi connectivity index (χ0v) is 32.2. The molecule has 8 nitrogen and oxygen atoms in total. The van der Waals surface area contributed by atoms with Gasteiger partial charge in [-0.1, -0.05) is 123 Å². The van der Waals surface area contributed by atoms with Crippen LogP contribution in [0.2, 0.25) is 0 Å². The van der Waals surface area contributed by atoms with Gasteiger partial charge in [-0.25, -0.2) is 9.59 Å². The van der Waals surface area contributed by atoms with E-state index in [1.165, 1.54) is 0 Å². The summed E-state index contributed by atoms with van der Waals surface area (Å²) in [6.45, 7) is 1.63. The number of esters is 1. The lowest BCUT2D eigenvalue weighted by Crippen LogP contribution is -2.22. The number of carboxylic acids is 1. The molecule has 1 unspecified atom stereocenters. The number of para-hydroxylation sites is 2. The fourth-order valence-corrected chi connectivity index (χ4v) is 7.09. The first kappa shape index (κ1) is 41.1. The predicted molar refractivity (Wildman–Crippen MR) is 222 cm³/mol. The smallest absolute Gasteiger partial charge is 0.338 e. The molecule has 0 fully saturated rings. The minimum atomic E-state index is -0.908. The van der Waals surface area contributed by atoms with E-state index >= 15 is 0 Å². The first-order valence-electron chi connectivity index (χ1n) is 19.7. The van der Waals surface area contributed by atoms with Crippen molar-refractivity contribution in [2.75, 3.05) is 17.2 Å². The molecule has 0 saturated heterocycles. The third-order valence-corrected chi connectivity index (χ3v) is 10.1. The summed E-state index contributed by atoms with van der Waals surface area (Å²) in [5.41, 5.74) is 7.17. The molecule has 5 rings (SSSR count). The number of carbonyl (C=O) groups is 4. The second-order valence-electron chi connectivity index (χ2n) is 14.0. The number of unbranched alkanes of at least 4 members (excludes halogenated alkanes) is 4. The summed E-state index contributed by atoms with van der Waals surface area (Å²) in [6, 6.07) is 39.9. The van der Waals surface area contributed by atoms with Gasteiger partial charge in [-0.15, -0.1) is 0 Å². The van der Waals surface area contributed by atoms with Crippen molar-refractivity contribution in [2.45, 2.75) is 83.5 Å². The Morgan fingerprint density at radius 3 is 1.54 bits per heavy atom. The second kappa shape index (κ2) is 21.8. The summed E-state index contributed by atoms with van der Waals surface area (Å²) < 4.78 is 5.48. The van der Waals surface area contributed by atoms with Gasteiger partial charge in [0.1, 0.15) is 0 Å². The van der Waals surface area contributed by atoms with E-state index in [9.17, 15) is 24.3 Å². The van der Waals surface area contributed by atoms with Crippen LogP contribution in [0.25, 0.3) is 0 Å². The van der Waals surface area contributed by atoms with Gasteiger partial charge in [0.05, 0.1) is 17.0 Å². The highest BCUT2D eigenvalue weighted by atomic mass is 16.5. The molecule has 0 saturated carbocycles. The van der Waals surface area contributed by atoms with Gasteiger partial charge in [0.2, 0.25) is 5.91 Å². The van der Waals surface area contributed by atoms with Crippen molar-refractivity contribution in [2.24, 2.45) is 0 Å². The van der Waals surface area contributed by atoms with Gasteiger partial charge in [0, 0.05) is 11.4 Å². The maximum absolute atomic E-state index is 13.2. The van der Waals surface area contributed by atoms with E-state index in [-0.39, 0.29) is 11.8 Å². The molecule has 0 bridgehead atoms. The molecule has 8 heteroatoms. The summed E-state index contributed by atoms with van der Waals surface area (Å²) in [7, 11) is 0. The molecule has 56 heavy (non-hydrogen) atoms. The number of carbonyl (C=O) groups excluding carboxylic acids is 3. The van der Waals surface area contributed by atoms with Crippen molar-refractivity contribution in [3.05, 3.63) is 166 Å². The first-order valence-corrected chi connectivity index (χ1v) is 19.7. The molecular weight excluding hydrogens is 701 g/mol. The monoisotopic (exact) mass is 752 g/mol. The Kier molecular flexibility index (Phi) is 16.0. The van der Waals surface area contributed by atoms with Crippen LogP contribution in [0.4, 0.5) is 11.4 Å². The number of nitrogens with one attached hydrogen (secondary N) is 2. The standard InChI is InChI=1S/C48H52N2O6/c1-2-40(35-20-6-3-7-21-35)46(52)50-44-33-19-15-29-39(44)27-11-5-9-23-37-25-13-17-31-42(37)48(55)56-34-45(51)49-43-32-18-14-28-38(43)26-10-4-8-22-36-24-12-16-30-41(36)47(53)54/h3,6-7,12-21,24-25,28-33,40H,2,4-5,8-11,22-23,26-27,34H2,1H3,(H,49,51)(H,50,52)(H,53,54). The van der Waals surface area contributed by atoms with E-state index in [2.05, 4.69) is 16.7 Å². The SMILES string of the molecule is CCC(C(=O)Nc1ccccc1CCCCCc1ccccc1C(=O)OCC(=O)Nc1ccccc1CCCCCc1ccccc1C(=O)O)c1ccccc1. The third kappa shape index (κ3) is 12.2. The number of benzene rings is 5. The van der Waals surface area contributed by atoms with Crippen LogP contribution in [0.1, 0.15) is 106 Å². The fourth-order valence-electron chi connectivity index (χ4n) is 7.09. The lowest BCUT2D eigenvalue weighted by atomic mass is 9.95. The Balaban J connectivity index is 1.04. The minimum absolute atomic E-state index is 0.00101. The van der Waals surface area contributed by atoms with Crippen molar-refractivity contribution in [3.63, 3.8) is 0 Å². The normalized spacial score (nSPS) is 11.4. The zero-order valence-electron chi connectivity index (χ0n) is 32.2. The van der Waals surface area contributed by atoms with E-state index < -0.39 is 24.5 Å². The first-order chi connectivity index (χ1) is 27.3. The average molecular weight is 753 g/mol. The second-order valence-corrected chi connectivity index (χ2v) is 14.0. The number of rotatable bonds is 21. The number of hydrogen-bond acceptors (Lipinski definition) is 5. The largest absolute Gasteiger partial charge is 0.478 e. The highest BCUT2D eigenvalue weighted by molar-refractivity contribution is 5.97. The van der Waals surface area contributed by atoms with Crippen molar-refractivity contribution in [1.29, 1.82) is 0 Å². The molecule has 0 aromatic heterocycles. The molecule has 0 aliphatic heterocycles. The van der Waals surface area contributed by atoms with Crippen LogP contribution in [0.15, 0.2) is 127 Å². The Hall–Kier alpha value is -6.02. The molecule has 290 valence electrons. The van der Waals surface area contributed by atoms with Crippen LogP contribution in [0.3, 0.4) is 0 Å². The fraction of sp³-hybridized carbons (Fsp3) is 0.292.